The molecule has 0 aliphatic heterocycles. The fraction of sp³-hybridized carbons (Fsp3) is 0. The Kier molecular flexibility index (Phi) is 6.84. The molecule has 0 unspecified atom stereocenters. The summed E-state index contributed by atoms with van der Waals surface area (Å²) in [7, 11) is 0. The first-order valence-corrected chi connectivity index (χ1v) is 16.3. The van der Waals surface area contributed by atoms with Gasteiger partial charge in [0.15, 0.2) is 5.82 Å². The van der Waals surface area contributed by atoms with Crippen LogP contribution in [-0.4, -0.2) is 9.97 Å². The Labute approximate surface area is 279 Å². The van der Waals surface area contributed by atoms with Crippen molar-refractivity contribution >= 4 is 32.3 Å². The minimum absolute atomic E-state index is 0.712. The molecule has 9 rings (SSSR count). The predicted molar refractivity (Wildman–Crippen MR) is 202 cm³/mol. The van der Waals surface area contributed by atoms with Gasteiger partial charge in [0.25, 0.3) is 0 Å². The molecule has 0 saturated carbocycles. The lowest BCUT2D eigenvalue weighted by Crippen LogP contribution is -1.96. The normalized spacial score (nSPS) is 11.3. The van der Waals surface area contributed by atoms with Gasteiger partial charge in [-0.2, -0.15) is 0 Å². The molecule has 0 aliphatic carbocycles. The van der Waals surface area contributed by atoms with Gasteiger partial charge in [-0.1, -0.05) is 164 Å². The average molecular weight is 611 g/mol. The summed E-state index contributed by atoms with van der Waals surface area (Å²) in [6.07, 6.45) is 0. The van der Waals surface area contributed by atoms with Crippen molar-refractivity contribution in [3.05, 3.63) is 182 Å². The maximum atomic E-state index is 5.11. The molecule has 8 aromatic carbocycles. The van der Waals surface area contributed by atoms with Crippen molar-refractivity contribution in [1.82, 2.24) is 9.97 Å². The average Bonchev–Trinajstić information content (AvgIpc) is 3.17. The summed E-state index contributed by atoms with van der Waals surface area (Å²) in [5.41, 5.74) is 9.67. The van der Waals surface area contributed by atoms with Crippen molar-refractivity contribution in [1.29, 1.82) is 0 Å². The van der Waals surface area contributed by atoms with Crippen LogP contribution in [0.5, 0.6) is 0 Å². The lowest BCUT2D eigenvalue weighted by atomic mass is 9.89. The smallest absolute Gasteiger partial charge is 0.160 e. The molecule has 1 aromatic heterocycles. The number of aromatic nitrogens is 2. The van der Waals surface area contributed by atoms with Crippen molar-refractivity contribution < 1.29 is 0 Å². The number of hydrogen-bond acceptors (Lipinski definition) is 2. The van der Waals surface area contributed by atoms with E-state index in [1.54, 1.807) is 0 Å². The Bertz CT molecular complexity index is 2590. The van der Waals surface area contributed by atoms with Gasteiger partial charge in [0, 0.05) is 16.7 Å². The summed E-state index contributed by atoms with van der Waals surface area (Å²) in [5.74, 6) is 0.712. The minimum Gasteiger partial charge on any atom is -0.228 e. The second kappa shape index (κ2) is 11.8. The third-order valence-corrected chi connectivity index (χ3v) is 9.26. The van der Waals surface area contributed by atoms with E-state index >= 15 is 0 Å². The Balaban J connectivity index is 1.19. The molecule has 2 nitrogen and oxygen atoms in total. The van der Waals surface area contributed by atoms with Gasteiger partial charge in [0.1, 0.15) is 0 Å². The third kappa shape index (κ3) is 5.01. The van der Waals surface area contributed by atoms with Gasteiger partial charge in [-0.05, 0) is 72.8 Å². The molecule has 224 valence electrons. The van der Waals surface area contributed by atoms with Crippen LogP contribution in [0.1, 0.15) is 0 Å². The van der Waals surface area contributed by atoms with Crippen molar-refractivity contribution in [3.63, 3.8) is 0 Å². The molecule has 2 heteroatoms. The van der Waals surface area contributed by atoms with Gasteiger partial charge in [-0.15, -0.1) is 0 Å². The lowest BCUT2D eigenvalue weighted by Gasteiger charge is -2.15. The van der Waals surface area contributed by atoms with E-state index in [2.05, 4.69) is 158 Å². The van der Waals surface area contributed by atoms with E-state index in [0.717, 1.165) is 33.6 Å². The van der Waals surface area contributed by atoms with Crippen LogP contribution in [0.15, 0.2) is 182 Å². The van der Waals surface area contributed by atoms with Crippen LogP contribution >= 0.6 is 0 Å². The fourth-order valence-corrected chi connectivity index (χ4v) is 6.89. The molecule has 0 saturated heterocycles. The van der Waals surface area contributed by atoms with Gasteiger partial charge in [-0.25, -0.2) is 9.97 Å². The Morgan fingerprint density at radius 2 is 0.854 bits per heavy atom. The van der Waals surface area contributed by atoms with Crippen molar-refractivity contribution in [2.24, 2.45) is 0 Å². The van der Waals surface area contributed by atoms with Gasteiger partial charge in [-0.3, -0.25) is 0 Å². The highest BCUT2D eigenvalue weighted by atomic mass is 14.9. The predicted octanol–water partition coefficient (Wildman–Crippen LogP) is 12.3. The highest BCUT2D eigenvalue weighted by molar-refractivity contribution is 6.20. The Morgan fingerprint density at radius 3 is 1.62 bits per heavy atom. The van der Waals surface area contributed by atoms with Gasteiger partial charge < -0.3 is 0 Å². The fourth-order valence-electron chi connectivity index (χ4n) is 6.89. The maximum Gasteiger partial charge on any atom is 0.160 e. The summed E-state index contributed by atoms with van der Waals surface area (Å²) < 4.78 is 0. The molecule has 1 heterocycles. The van der Waals surface area contributed by atoms with Crippen LogP contribution in [-0.2, 0) is 0 Å². The van der Waals surface area contributed by atoms with Crippen LogP contribution < -0.4 is 0 Å². The van der Waals surface area contributed by atoms with Gasteiger partial charge in [0.2, 0.25) is 0 Å². The first kappa shape index (κ1) is 27.9. The van der Waals surface area contributed by atoms with Crippen LogP contribution in [0.3, 0.4) is 0 Å². The number of fused-ring (bicyclic) bond motifs is 4. The van der Waals surface area contributed by atoms with E-state index in [-0.39, 0.29) is 0 Å². The highest BCUT2D eigenvalue weighted by Crippen LogP contribution is 2.40. The molecule has 0 spiro atoms. The zero-order chi connectivity index (χ0) is 31.9. The van der Waals surface area contributed by atoms with Crippen molar-refractivity contribution in [2.75, 3.05) is 0 Å². The topological polar surface area (TPSA) is 25.8 Å². The summed E-state index contributed by atoms with van der Waals surface area (Å²) >= 11 is 0. The first-order valence-electron chi connectivity index (χ1n) is 16.3. The van der Waals surface area contributed by atoms with Gasteiger partial charge in [0.05, 0.1) is 11.4 Å². The number of benzene rings is 8. The van der Waals surface area contributed by atoms with Crippen LogP contribution in [0, 0.1) is 0 Å². The number of nitrogens with zero attached hydrogens (tertiary/aromatic N) is 2. The summed E-state index contributed by atoms with van der Waals surface area (Å²) in [5, 5.41) is 7.56. The molecular weight excluding hydrogens is 581 g/mol. The van der Waals surface area contributed by atoms with E-state index in [9.17, 15) is 0 Å². The SMILES string of the molecule is c1ccc(-c2cccc(-c3cc(-c4ccc(-c5c6ccccc6cc6c5ccc5ccccc56)cc4)nc(-c4ccccc4)n3)c2)cc1. The second-order valence-electron chi connectivity index (χ2n) is 12.2. The molecular formula is C46H30N2. The van der Waals surface area contributed by atoms with Crippen molar-refractivity contribution in [2.45, 2.75) is 0 Å². The highest BCUT2D eigenvalue weighted by Gasteiger charge is 2.15. The minimum atomic E-state index is 0.712. The van der Waals surface area contributed by atoms with Crippen LogP contribution in [0.2, 0.25) is 0 Å². The molecule has 0 radical (unpaired) electrons. The van der Waals surface area contributed by atoms with Crippen LogP contribution in [0.4, 0.5) is 0 Å². The van der Waals surface area contributed by atoms with E-state index in [1.165, 1.54) is 49.0 Å². The van der Waals surface area contributed by atoms with E-state index < -0.39 is 0 Å². The van der Waals surface area contributed by atoms with Gasteiger partial charge >= 0.3 is 0 Å². The van der Waals surface area contributed by atoms with E-state index in [1.807, 2.05) is 24.3 Å². The molecule has 0 aliphatic rings. The standard InChI is InChI=1S/C46H30N2/c1-3-12-31(13-4-1)36-18-11-19-38(28-36)44-30-43(47-46(48-44)35-15-5-2-6-16-35)33-22-24-34(25-23-33)45-40-21-10-8-17-37(40)29-42-39-20-9-7-14-32(39)26-27-41(42)45/h1-30H. The molecule has 0 atom stereocenters. The van der Waals surface area contributed by atoms with E-state index in [4.69, 9.17) is 9.97 Å². The zero-order valence-electron chi connectivity index (χ0n) is 26.2. The largest absolute Gasteiger partial charge is 0.228 e. The Hall–Kier alpha value is -6.38. The quantitative estimate of drug-likeness (QED) is 0.143. The summed E-state index contributed by atoms with van der Waals surface area (Å²) in [6.45, 7) is 0. The molecule has 0 N–H and O–H groups in total. The van der Waals surface area contributed by atoms with Crippen molar-refractivity contribution in [3.8, 4) is 56.2 Å². The molecule has 0 fully saturated rings. The molecule has 9 aromatic rings. The summed E-state index contributed by atoms with van der Waals surface area (Å²) in [4.78, 5) is 10.2. The number of rotatable bonds is 5. The maximum absolute atomic E-state index is 5.11. The van der Waals surface area contributed by atoms with E-state index in [0.29, 0.717) is 5.82 Å². The number of hydrogen-bond donors (Lipinski definition) is 0. The monoisotopic (exact) mass is 610 g/mol. The summed E-state index contributed by atoms with van der Waals surface area (Å²) in [6, 6.07) is 64.5. The molecule has 0 amide bonds. The first-order chi connectivity index (χ1) is 23.8. The van der Waals surface area contributed by atoms with Crippen LogP contribution in [0.25, 0.3) is 88.5 Å². The second-order valence-corrected chi connectivity index (χ2v) is 12.2. The molecule has 0 bridgehead atoms. The Morgan fingerprint density at radius 1 is 0.271 bits per heavy atom. The third-order valence-electron chi connectivity index (χ3n) is 9.26. The zero-order valence-corrected chi connectivity index (χ0v) is 26.2. The molecule has 48 heavy (non-hydrogen) atoms. The lowest BCUT2D eigenvalue weighted by molar-refractivity contribution is 1.18.